The molecule has 5 nitrogen and oxygen atoms in total. The van der Waals surface area contributed by atoms with Gasteiger partial charge in [0, 0.05) is 5.56 Å². The van der Waals surface area contributed by atoms with Crippen LogP contribution in [0.3, 0.4) is 0 Å². The fourth-order valence-corrected chi connectivity index (χ4v) is 1.48. The Morgan fingerprint density at radius 1 is 1.05 bits per heavy atom. The minimum atomic E-state index is -1.09. The molecule has 0 radical (unpaired) electrons. The molecule has 0 aromatic heterocycles. The Morgan fingerprint density at radius 3 is 2.42 bits per heavy atom. The summed E-state index contributed by atoms with van der Waals surface area (Å²) in [6, 6.07) is 13.2. The number of rotatable bonds is 4. The molecule has 0 unspecified atom stereocenters. The van der Waals surface area contributed by atoms with Crippen LogP contribution >= 0.6 is 0 Å². The van der Waals surface area contributed by atoms with Crippen molar-refractivity contribution < 1.29 is 14.7 Å². The van der Waals surface area contributed by atoms with Gasteiger partial charge in [-0.05, 0) is 30.3 Å². The molecular weight excluding hydrogens is 244 g/mol. The van der Waals surface area contributed by atoms with Crippen molar-refractivity contribution in [2.45, 2.75) is 0 Å². The first-order chi connectivity index (χ1) is 9.20. The van der Waals surface area contributed by atoms with Gasteiger partial charge in [0.25, 0.3) is 0 Å². The molecule has 94 valence electrons. The van der Waals surface area contributed by atoms with Gasteiger partial charge >= 0.3 is 5.97 Å². The number of carbonyl (C=O) groups is 2. The molecule has 2 aromatic carbocycles. The highest BCUT2D eigenvalue weighted by Gasteiger charge is 2.07. The molecule has 0 bridgehead atoms. The van der Waals surface area contributed by atoms with Gasteiger partial charge in [0.1, 0.15) is 0 Å². The summed E-state index contributed by atoms with van der Waals surface area (Å²) in [6.45, 7) is 0. The Balaban J connectivity index is 2.33. The Bertz CT molecular complexity index is 636. The summed E-state index contributed by atoms with van der Waals surface area (Å²) in [5.74, 6) is -1.09. The number of hydrogen-bond donors (Lipinski definition) is 1. The Hall–Kier alpha value is -2.82. The molecule has 0 spiro atoms. The van der Waals surface area contributed by atoms with Crippen molar-refractivity contribution in [3.8, 4) is 0 Å². The number of nitrogens with zero attached hydrogens (tertiary/aromatic N) is 2. The van der Waals surface area contributed by atoms with E-state index in [0.29, 0.717) is 17.7 Å². The number of carbonyl (C=O) groups excluding carboxylic acids is 1. The van der Waals surface area contributed by atoms with E-state index in [9.17, 15) is 9.59 Å². The average Bonchev–Trinajstić information content (AvgIpc) is 2.45. The Morgan fingerprint density at radius 2 is 1.79 bits per heavy atom. The third kappa shape index (κ3) is 3.10. The predicted molar refractivity (Wildman–Crippen MR) is 69.4 cm³/mol. The van der Waals surface area contributed by atoms with E-state index in [1.165, 1.54) is 18.2 Å². The van der Waals surface area contributed by atoms with Crippen molar-refractivity contribution in [2.75, 3.05) is 0 Å². The Labute approximate surface area is 109 Å². The Kier molecular flexibility index (Phi) is 3.78. The van der Waals surface area contributed by atoms with Crippen LogP contribution < -0.4 is 0 Å². The highest BCUT2D eigenvalue weighted by molar-refractivity contribution is 5.92. The molecule has 0 saturated carbocycles. The first-order valence-electron chi connectivity index (χ1n) is 5.50. The highest BCUT2D eigenvalue weighted by Crippen LogP contribution is 2.22. The lowest BCUT2D eigenvalue weighted by molar-refractivity contribution is 0.0697. The lowest BCUT2D eigenvalue weighted by Gasteiger charge is -1.99. The van der Waals surface area contributed by atoms with Crippen molar-refractivity contribution >= 4 is 23.6 Å². The average molecular weight is 254 g/mol. The van der Waals surface area contributed by atoms with Crippen LogP contribution in [0, 0.1) is 0 Å². The van der Waals surface area contributed by atoms with Crippen molar-refractivity contribution in [3.05, 3.63) is 59.7 Å². The second kappa shape index (κ2) is 5.68. The normalized spacial score (nSPS) is 10.5. The smallest absolute Gasteiger partial charge is 0.335 e. The molecule has 0 saturated heterocycles. The molecule has 0 fully saturated rings. The fraction of sp³-hybridized carbons (Fsp3) is 0. The standard InChI is InChI=1S/C14H10N2O3/c17-9-11-8-10(14(18)19)6-7-13(11)16-15-12-4-2-1-3-5-12/h1-9H,(H,18,19)/b16-15+. The van der Waals surface area contributed by atoms with E-state index in [0.717, 1.165) is 0 Å². The topological polar surface area (TPSA) is 79.1 Å². The van der Waals surface area contributed by atoms with Crippen molar-refractivity contribution in [3.63, 3.8) is 0 Å². The number of azo groups is 1. The first kappa shape index (κ1) is 12.6. The largest absolute Gasteiger partial charge is 0.478 e. The molecule has 5 heteroatoms. The molecular formula is C14H10N2O3. The lowest BCUT2D eigenvalue weighted by atomic mass is 10.1. The molecule has 2 rings (SSSR count). The number of aromatic carboxylic acids is 1. The van der Waals surface area contributed by atoms with Gasteiger partial charge in [0.15, 0.2) is 6.29 Å². The number of benzene rings is 2. The molecule has 0 atom stereocenters. The van der Waals surface area contributed by atoms with E-state index in [1.807, 2.05) is 18.2 Å². The summed E-state index contributed by atoms with van der Waals surface area (Å²) in [5, 5.41) is 16.8. The van der Waals surface area contributed by atoms with Crippen LogP contribution in [-0.2, 0) is 0 Å². The zero-order valence-corrected chi connectivity index (χ0v) is 9.85. The van der Waals surface area contributed by atoms with Crippen LogP contribution in [0.2, 0.25) is 0 Å². The van der Waals surface area contributed by atoms with Crippen LogP contribution in [-0.4, -0.2) is 17.4 Å². The van der Waals surface area contributed by atoms with Gasteiger partial charge in [-0.25, -0.2) is 4.79 Å². The van der Waals surface area contributed by atoms with E-state index in [1.54, 1.807) is 12.1 Å². The molecule has 0 amide bonds. The highest BCUT2D eigenvalue weighted by atomic mass is 16.4. The molecule has 0 aliphatic rings. The monoisotopic (exact) mass is 254 g/mol. The maximum atomic E-state index is 10.9. The summed E-state index contributed by atoms with van der Waals surface area (Å²) < 4.78 is 0. The number of carboxylic acids is 1. The second-order valence-electron chi connectivity index (χ2n) is 3.73. The van der Waals surface area contributed by atoms with Gasteiger partial charge in [-0.15, -0.1) is 5.11 Å². The van der Waals surface area contributed by atoms with Gasteiger partial charge in [-0.2, -0.15) is 5.11 Å². The van der Waals surface area contributed by atoms with Crippen LogP contribution in [0.4, 0.5) is 11.4 Å². The van der Waals surface area contributed by atoms with Gasteiger partial charge < -0.3 is 5.11 Å². The zero-order chi connectivity index (χ0) is 13.7. The number of aldehydes is 1. The van der Waals surface area contributed by atoms with E-state index in [-0.39, 0.29) is 11.1 Å². The van der Waals surface area contributed by atoms with Crippen molar-refractivity contribution in [2.24, 2.45) is 10.2 Å². The van der Waals surface area contributed by atoms with Crippen LogP contribution in [0.15, 0.2) is 58.8 Å². The lowest BCUT2D eigenvalue weighted by Crippen LogP contribution is -1.97. The summed E-state index contributed by atoms with van der Waals surface area (Å²) in [4.78, 5) is 21.7. The van der Waals surface area contributed by atoms with Gasteiger partial charge in [-0.3, -0.25) is 4.79 Å². The maximum absolute atomic E-state index is 10.9. The maximum Gasteiger partial charge on any atom is 0.335 e. The molecule has 0 aliphatic carbocycles. The first-order valence-corrected chi connectivity index (χ1v) is 5.50. The zero-order valence-electron chi connectivity index (χ0n) is 9.85. The van der Waals surface area contributed by atoms with E-state index in [4.69, 9.17) is 5.11 Å². The molecule has 1 N–H and O–H groups in total. The van der Waals surface area contributed by atoms with Crippen LogP contribution in [0.5, 0.6) is 0 Å². The summed E-state index contributed by atoms with van der Waals surface area (Å²) >= 11 is 0. The minimum Gasteiger partial charge on any atom is -0.478 e. The van der Waals surface area contributed by atoms with Gasteiger partial charge in [-0.1, -0.05) is 18.2 Å². The molecule has 2 aromatic rings. The van der Waals surface area contributed by atoms with E-state index < -0.39 is 5.97 Å². The number of carboxylic acid groups (broad SMARTS) is 1. The second-order valence-corrected chi connectivity index (χ2v) is 3.73. The van der Waals surface area contributed by atoms with E-state index >= 15 is 0 Å². The third-order valence-corrected chi connectivity index (χ3v) is 2.43. The summed E-state index contributed by atoms with van der Waals surface area (Å²) in [6.07, 6.45) is 0.561. The summed E-state index contributed by atoms with van der Waals surface area (Å²) in [7, 11) is 0. The van der Waals surface area contributed by atoms with Crippen molar-refractivity contribution in [1.82, 2.24) is 0 Å². The van der Waals surface area contributed by atoms with Gasteiger partial charge in [0.05, 0.1) is 16.9 Å². The minimum absolute atomic E-state index is 0.0424. The summed E-state index contributed by atoms with van der Waals surface area (Å²) in [5.41, 5.74) is 1.23. The quantitative estimate of drug-likeness (QED) is 0.668. The van der Waals surface area contributed by atoms with Crippen molar-refractivity contribution in [1.29, 1.82) is 0 Å². The van der Waals surface area contributed by atoms with Gasteiger partial charge in [0.2, 0.25) is 0 Å². The number of hydrogen-bond acceptors (Lipinski definition) is 4. The predicted octanol–water partition coefficient (Wildman–Crippen LogP) is 3.61. The van der Waals surface area contributed by atoms with E-state index in [2.05, 4.69) is 10.2 Å². The third-order valence-electron chi connectivity index (χ3n) is 2.43. The van der Waals surface area contributed by atoms with Crippen LogP contribution in [0.25, 0.3) is 0 Å². The SMILES string of the molecule is O=Cc1cc(C(=O)O)ccc1/N=N/c1ccccc1. The van der Waals surface area contributed by atoms with Crippen LogP contribution in [0.1, 0.15) is 20.7 Å². The molecule has 0 aliphatic heterocycles. The fourth-order valence-electron chi connectivity index (χ4n) is 1.48. The molecule has 0 heterocycles. The molecule has 19 heavy (non-hydrogen) atoms.